The molecule has 1 rings (SSSR count). The maximum absolute atomic E-state index is 7.16. The molecule has 0 aliphatic rings. The van der Waals surface area contributed by atoms with Crippen LogP contribution in [-0.4, -0.2) is 0 Å². The van der Waals surface area contributed by atoms with Crippen molar-refractivity contribution in [3.63, 3.8) is 0 Å². The van der Waals surface area contributed by atoms with Crippen LogP contribution in [0.4, 0.5) is 0 Å². The quantitative estimate of drug-likeness (QED) is 0.569. The fraction of sp³-hybridized carbons (Fsp3) is 0.385. The van der Waals surface area contributed by atoms with Crippen LogP contribution < -0.4 is 0 Å². The summed E-state index contributed by atoms with van der Waals surface area (Å²) in [5.41, 5.74) is 5.11. The van der Waals surface area contributed by atoms with E-state index in [0.29, 0.717) is 0 Å². The molecule has 0 saturated carbocycles. The molecule has 0 amide bonds. The molecule has 1 radical (unpaired) electrons. The summed E-state index contributed by atoms with van der Waals surface area (Å²) in [5, 5.41) is 0. The van der Waals surface area contributed by atoms with Crippen molar-refractivity contribution in [1.29, 1.82) is 0 Å². The molecule has 0 nitrogen and oxygen atoms in total. The zero-order chi connectivity index (χ0) is 10.0. The molecular weight excluding hydrogens is 156 g/mol. The summed E-state index contributed by atoms with van der Waals surface area (Å²) >= 11 is 0. The predicted molar refractivity (Wildman–Crippen MR) is 56.2 cm³/mol. The summed E-state index contributed by atoms with van der Waals surface area (Å²) in [6.45, 7) is 8.33. The van der Waals surface area contributed by atoms with Crippen molar-refractivity contribution >= 4 is 0 Å². The topological polar surface area (TPSA) is 0 Å². The summed E-state index contributed by atoms with van der Waals surface area (Å²) in [5.74, 6) is 2.65. The van der Waals surface area contributed by atoms with Crippen molar-refractivity contribution in [3.05, 3.63) is 40.8 Å². The van der Waals surface area contributed by atoms with Gasteiger partial charge in [0.1, 0.15) is 0 Å². The van der Waals surface area contributed by atoms with E-state index < -0.39 is 0 Å². The Kier molecular flexibility index (Phi) is 2.78. The Hall–Kier alpha value is -1.22. The van der Waals surface area contributed by atoms with Gasteiger partial charge in [-0.2, -0.15) is 0 Å². The van der Waals surface area contributed by atoms with Crippen LogP contribution in [0.5, 0.6) is 0 Å². The minimum Gasteiger partial charge on any atom is -0.0812 e. The van der Waals surface area contributed by atoms with Crippen molar-refractivity contribution in [2.24, 2.45) is 0 Å². The average molecular weight is 171 g/mol. The molecule has 0 spiro atoms. The van der Waals surface area contributed by atoms with E-state index in [1.54, 1.807) is 0 Å². The maximum atomic E-state index is 7.16. The first kappa shape index (κ1) is 9.86. The summed E-state index contributed by atoms with van der Waals surface area (Å²) < 4.78 is 0. The molecule has 0 heteroatoms. The first-order valence-electron chi connectivity index (χ1n) is 4.57. The number of rotatable bonds is 1. The van der Waals surface area contributed by atoms with E-state index in [2.05, 4.69) is 38.8 Å². The van der Waals surface area contributed by atoms with Gasteiger partial charge in [-0.05, 0) is 56.4 Å². The number of hydrogen-bond donors (Lipinski definition) is 0. The number of benzene rings is 1. The van der Waals surface area contributed by atoms with Gasteiger partial charge < -0.3 is 0 Å². The van der Waals surface area contributed by atoms with E-state index in [1.165, 1.54) is 22.3 Å². The van der Waals surface area contributed by atoms with Crippen molar-refractivity contribution in [3.8, 4) is 5.92 Å². The number of aryl methyl sites for hydroxylation is 2. The van der Waals surface area contributed by atoms with Gasteiger partial charge in [0.05, 0.1) is 0 Å². The van der Waals surface area contributed by atoms with Crippen LogP contribution >= 0.6 is 0 Å². The first-order chi connectivity index (χ1) is 6.07. The minimum absolute atomic E-state index is 0.111. The lowest BCUT2D eigenvalue weighted by Crippen LogP contribution is -1.99. The van der Waals surface area contributed by atoms with Gasteiger partial charge in [0, 0.05) is 5.92 Å². The molecule has 0 saturated heterocycles. The van der Waals surface area contributed by atoms with E-state index in [0.717, 1.165) is 0 Å². The molecule has 1 atom stereocenters. The Morgan fingerprint density at radius 2 is 1.69 bits per heavy atom. The van der Waals surface area contributed by atoms with E-state index in [-0.39, 0.29) is 5.92 Å². The Bertz CT molecular complexity index is 353. The van der Waals surface area contributed by atoms with Crippen molar-refractivity contribution < 1.29 is 0 Å². The largest absolute Gasteiger partial charge is 0.0812 e. The lowest BCUT2D eigenvalue weighted by Gasteiger charge is -2.14. The second-order valence-corrected chi connectivity index (χ2v) is 3.60. The molecular formula is C13H15. The molecule has 67 valence electrons. The third-order valence-electron chi connectivity index (χ3n) is 2.65. The van der Waals surface area contributed by atoms with E-state index in [1.807, 2.05) is 6.92 Å². The SMILES string of the molecule is [C]#CC(C)c1c(C)ccc(C)c1C. The average Bonchev–Trinajstić information content (AvgIpc) is 2.12. The van der Waals surface area contributed by atoms with Crippen LogP contribution in [0.15, 0.2) is 12.1 Å². The Balaban J connectivity index is 3.35. The normalized spacial score (nSPS) is 12.2. The van der Waals surface area contributed by atoms with Crippen LogP contribution in [0.25, 0.3) is 0 Å². The summed E-state index contributed by atoms with van der Waals surface area (Å²) in [6.07, 6.45) is 7.16. The van der Waals surface area contributed by atoms with Crippen LogP contribution in [0, 0.1) is 33.1 Å². The fourth-order valence-corrected chi connectivity index (χ4v) is 1.71. The lowest BCUT2D eigenvalue weighted by molar-refractivity contribution is 0.962. The number of hydrogen-bond acceptors (Lipinski definition) is 0. The molecule has 0 bridgehead atoms. The summed E-state index contributed by atoms with van der Waals surface area (Å²) in [7, 11) is 0. The third-order valence-corrected chi connectivity index (χ3v) is 2.65. The molecule has 0 fully saturated rings. The van der Waals surface area contributed by atoms with Gasteiger partial charge in [0.2, 0.25) is 0 Å². The Labute approximate surface area is 81.0 Å². The second-order valence-electron chi connectivity index (χ2n) is 3.60. The van der Waals surface area contributed by atoms with Crippen LogP contribution in [0.2, 0.25) is 0 Å². The standard InChI is InChI=1S/C13H15/c1-6-9(2)13-11(4)8-7-10(3)12(13)5/h7-9H,2-5H3. The molecule has 13 heavy (non-hydrogen) atoms. The highest BCUT2D eigenvalue weighted by Crippen LogP contribution is 2.25. The lowest BCUT2D eigenvalue weighted by atomic mass is 9.90. The summed E-state index contributed by atoms with van der Waals surface area (Å²) in [6, 6.07) is 4.25. The molecule has 1 aromatic carbocycles. The van der Waals surface area contributed by atoms with E-state index >= 15 is 0 Å². The molecule has 0 aliphatic carbocycles. The van der Waals surface area contributed by atoms with Crippen molar-refractivity contribution in [2.45, 2.75) is 33.6 Å². The monoisotopic (exact) mass is 171 g/mol. The van der Waals surface area contributed by atoms with Crippen LogP contribution in [0.3, 0.4) is 0 Å². The maximum Gasteiger partial charge on any atom is 0.0439 e. The van der Waals surface area contributed by atoms with Gasteiger partial charge in [-0.3, -0.25) is 0 Å². The predicted octanol–water partition coefficient (Wildman–Crippen LogP) is 3.31. The third kappa shape index (κ3) is 1.75. The highest BCUT2D eigenvalue weighted by molar-refractivity contribution is 5.43. The molecule has 1 aromatic rings. The van der Waals surface area contributed by atoms with E-state index in [9.17, 15) is 0 Å². The van der Waals surface area contributed by atoms with Gasteiger partial charge in [-0.25, -0.2) is 0 Å². The zero-order valence-electron chi connectivity index (χ0n) is 8.73. The zero-order valence-corrected chi connectivity index (χ0v) is 8.73. The van der Waals surface area contributed by atoms with Crippen LogP contribution in [-0.2, 0) is 0 Å². The van der Waals surface area contributed by atoms with Gasteiger partial charge in [-0.1, -0.05) is 18.1 Å². The molecule has 0 heterocycles. The van der Waals surface area contributed by atoms with Gasteiger partial charge >= 0.3 is 0 Å². The summed E-state index contributed by atoms with van der Waals surface area (Å²) in [4.78, 5) is 0. The van der Waals surface area contributed by atoms with E-state index in [4.69, 9.17) is 6.42 Å². The van der Waals surface area contributed by atoms with Crippen LogP contribution in [0.1, 0.15) is 35.1 Å². The van der Waals surface area contributed by atoms with Gasteiger partial charge in [-0.15, -0.1) is 0 Å². The minimum atomic E-state index is 0.111. The molecule has 0 aromatic heterocycles. The van der Waals surface area contributed by atoms with Crippen molar-refractivity contribution in [2.75, 3.05) is 0 Å². The highest BCUT2D eigenvalue weighted by atomic mass is 14.1. The van der Waals surface area contributed by atoms with Crippen molar-refractivity contribution in [1.82, 2.24) is 0 Å². The molecule has 0 N–H and O–H groups in total. The van der Waals surface area contributed by atoms with Gasteiger partial charge in [0.15, 0.2) is 0 Å². The smallest absolute Gasteiger partial charge is 0.0439 e. The Morgan fingerprint density at radius 1 is 1.15 bits per heavy atom. The first-order valence-corrected chi connectivity index (χ1v) is 4.57. The molecule has 0 aliphatic heterocycles. The Morgan fingerprint density at radius 3 is 2.23 bits per heavy atom. The molecule has 1 unspecified atom stereocenters. The fourth-order valence-electron chi connectivity index (χ4n) is 1.71. The highest BCUT2D eigenvalue weighted by Gasteiger charge is 2.09. The second kappa shape index (κ2) is 3.66. The van der Waals surface area contributed by atoms with Gasteiger partial charge in [0.25, 0.3) is 0 Å².